The van der Waals surface area contributed by atoms with E-state index in [2.05, 4.69) is 15.3 Å². The van der Waals surface area contributed by atoms with Crippen LogP contribution in [0.25, 0.3) is 10.3 Å². The highest BCUT2D eigenvalue weighted by atomic mass is 32.2. The van der Waals surface area contributed by atoms with Crippen molar-refractivity contribution in [1.29, 1.82) is 0 Å². The highest BCUT2D eigenvalue weighted by Crippen LogP contribution is 2.30. The Morgan fingerprint density at radius 1 is 1.53 bits per heavy atom. The van der Waals surface area contributed by atoms with Gasteiger partial charge < -0.3 is 11.1 Å². The number of hydrogen-bond donors (Lipinski definition) is 2. The number of thiophene rings is 1. The molecule has 2 atom stereocenters. The summed E-state index contributed by atoms with van der Waals surface area (Å²) in [4.78, 5) is 21.4. The van der Waals surface area contributed by atoms with E-state index < -0.39 is 10.8 Å². The molecule has 2 aromatic rings. The van der Waals surface area contributed by atoms with Crippen LogP contribution in [-0.2, 0) is 10.8 Å². The van der Waals surface area contributed by atoms with E-state index in [0.717, 1.165) is 0 Å². The zero-order valence-electron chi connectivity index (χ0n) is 10.5. The number of anilines is 1. The number of nitrogens with zero attached hydrogens (tertiary/aromatic N) is 2. The number of hydrogen-bond acceptors (Lipinski definition) is 6. The predicted octanol–water partition coefficient (Wildman–Crippen LogP) is 0.770. The second-order valence-electron chi connectivity index (χ2n) is 4.17. The maximum absolute atomic E-state index is 12.1. The van der Waals surface area contributed by atoms with Crippen LogP contribution in [0, 0.1) is 0 Å². The molecule has 3 N–H and O–H groups in total. The van der Waals surface area contributed by atoms with Crippen LogP contribution in [0.2, 0.25) is 0 Å². The summed E-state index contributed by atoms with van der Waals surface area (Å²) in [5.41, 5.74) is 6.79. The first-order valence-corrected chi connectivity index (χ1v) is 8.13. The molecule has 6 nitrogen and oxygen atoms in total. The molecule has 0 radical (unpaired) electrons. The Morgan fingerprint density at radius 3 is 2.84 bits per heavy atom. The first-order chi connectivity index (χ1) is 8.99. The predicted molar refractivity (Wildman–Crippen MR) is 77.7 cm³/mol. The normalized spacial score (nSPS) is 14.2. The van der Waals surface area contributed by atoms with Crippen LogP contribution in [0.15, 0.2) is 12.4 Å². The van der Waals surface area contributed by atoms with E-state index >= 15 is 0 Å². The summed E-state index contributed by atoms with van der Waals surface area (Å²) in [7, 11) is -0.956. The van der Waals surface area contributed by atoms with Crippen LogP contribution in [0.1, 0.15) is 16.6 Å². The van der Waals surface area contributed by atoms with Gasteiger partial charge in [0, 0.05) is 41.2 Å². The van der Waals surface area contributed by atoms with Crippen LogP contribution < -0.4 is 11.1 Å². The number of carbonyl (C=O) groups is 1. The molecule has 2 unspecified atom stereocenters. The number of nitrogen functional groups attached to an aromatic ring is 1. The third-order valence-electron chi connectivity index (χ3n) is 2.43. The highest BCUT2D eigenvalue weighted by Gasteiger charge is 2.19. The van der Waals surface area contributed by atoms with Gasteiger partial charge in [0.05, 0.1) is 5.69 Å². The lowest BCUT2D eigenvalue weighted by Crippen LogP contribution is -2.36. The van der Waals surface area contributed by atoms with Crippen LogP contribution >= 0.6 is 11.3 Å². The molecule has 0 saturated carbocycles. The Labute approximate surface area is 116 Å². The second kappa shape index (κ2) is 5.62. The number of aromatic nitrogens is 2. The molecule has 8 heteroatoms. The molecule has 0 aliphatic rings. The van der Waals surface area contributed by atoms with E-state index in [4.69, 9.17) is 5.73 Å². The second-order valence-corrected chi connectivity index (χ2v) is 6.65. The molecule has 0 saturated heterocycles. The summed E-state index contributed by atoms with van der Waals surface area (Å²) in [6.45, 7) is 1.80. The molecule has 0 aliphatic heterocycles. The molecule has 1 amide bonds. The molecule has 0 fully saturated rings. The van der Waals surface area contributed by atoms with Crippen molar-refractivity contribution in [3.63, 3.8) is 0 Å². The third-order valence-corrected chi connectivity index (χ3v) is 4.50. The van der Waals surface area contributed by atoms with Crippen molar-refractivity contribution in [2.24, 2.45) is 0 Å². The van der Waals surface area contributed by atoms with E-state index in [-0.39, 0.29) is 11.9 Å². The maximum atomic E-state index is 12.1. The number of nitrogens with one attached hydrogen (secondary N) is 1. The quantitative estimate of drug-likeness (QED) is 0.869. The molecule has 0 aliphatic carbocycles. The smallest absolute Gasteiger partial charge is 0.263 e. The third kappa shape index (κ3) is 3.07. The van der Waals surface area contributed by atoms with E-state index in [1.165, 1.54) is 17.5 Å². The van der Waals surface area contributed by atoms with E-state index in [1.807, 2.05) is 0 Å². The van der Waals surface area contributed by atoms with Gasteiger partial charge in [-0.05, 0) is 6.92 Å². The average molecular weight is 298 g/mol. The van der Waals surface area contributed by atoms with Crippen LogP contribution in [0.3, 0.4) is 0 Å². The molecule has 0 spiro atoms. The molecular weight excluding hydrogens is 284 g/mol. The van der Waals surface area contributed by atoms with Gasteiger partial charge in [-0.2, -0.15) is 0 Å². The van der Waals surface area contributed by atoms with Gasteiger partial charge in [0.1, 0.15) is 15.2 Å². The Bertz CT molecular complexity index is 641. The van der Waals surface area contributed by atoms with Crippen molar-refractivity contribution >= 4 is 44.1 Å². The minimum atomic E-state index is -0.956. The van der Waals surface area contributed by atoms with Gasteiger partial charge in [-0.3, -0.25) is 9.00 Å². The fourth-order valence-corrected chi connectivity index (χ4v) is 3.41. The van der Waals surface area contributed by atoms with Crippen molar-refractivity contribution < 1.29 is 9.00 Å². The Hall–Kier alpha value is -1.54. The van der Waals surface area contributed by atoms with Gasteiger partial charge in [0.25, 0.3) is 5.91 Å². The summed E-state index contributed by atoms with van der Waals surface area (Å²) in [5, 5.41) is 2.77. The lowest BCUT2D eigenvalue weighted by Gasteiger charge is -2.11. The summed E-state index contributed by atoms with van der Waals surface area (Å²) in [6, 6.07) is -0.177. The number of nitrogens with two attached hydrogens (primary N) is 1. The summed E-state index contributed by atoms with van der Waals surface area (Å²) in [6.07, 6.45) is 4.70. The standard InChI is InChI=1S/C11H14N4O2S2/c1-6(5-19(2)17)15-10(16)9-7(12)8-11(18-9)14-4-3-13-8/h3-4,6H,5,12H2,1-2H3,(H,15,16). The first-order valence-electron chi connectivity index (χ1n) is 5.59. The summed E-state index contributed by atoms with van der Waals surface area (Å²) in [5.74, 6) is 0.132. The van der Waals surface area contributed by atoms with Crippen LogP contribution in [-0.4, -0.2) is 38.1 Å². The Balaban J connectivity index is 2.22. The van der Waals surface area contributed by atoms with Crippen LogP contribution in [0.4, 0.5) is 5.69 Å². The van der Waals surface area contributed by atoms with Crippen LogP contribution in [0.5, 0.6) is 0 Å². The zero-order valence-corrected chi connectivity index (χ0v) is 12.2. The van der Waals surface area contributed by atoms with Crippen molar-refractivity contribution in [2.75, 3.05) is 17.7 Å². The molecule has 0 bridgehead atoms. The minimum Gasteiger partial charge on any atom is -0.396 e. The van der Waals surface area contributed by atoms with E-state index in [9.17, 15) is 9.00 Å². The number of rotatable bonds is 4. The minimum absolute atomic E-state index is 0.177. The molecule has 19 heavy (non-hydrogen) atoms. The monoisotopic (exact) mass is 298 g/mol. The van der Waals surface area contributed by atoms with E-state index in [1.54, 1.807) is 19.4 Å². The first kappa shape index (κ1) is 13.9. The molecular formula is C11H14N4O2S2. The molecule has 2 rings (SSSR count). The van der Waals surface area contributed by atoms with Crippen molar-refractivity contribution in [3.05, 3.63) is 17.3 Å². The van der Waals surface area contributed by atoms with Gasteiger partial charge in [-0.15, -0.1) is 11.3 Å². The molecule has 2 aromatic heterocycles. The maximum Gasteiger partial charge on any atom is 0.263 e. The fourth-order valence-electron chi connectivity index (χ4n) is 1.70. The zero-order chi connectivity index (χ0) is 14.0. The SMILES string of the molecule is CC(CS(C)=O)NC(=O)c1sc2nccnc2c1N. The van der Waals surface area contributed by atoms with Gasteiger partial charge in [-0.1, -0.05) is 0 Å². The molecule has 102 valence electrons. The number of carbonyl (C=O) groups excluding carboxylic acids is 1. The summed E-state index contributed by atoms with van der Waals surface area (Å²) >= 11 is 1.21. The van der Waals surface area contributed by atoms with Gasteiger partial charge in [0.2, 0.25) is 0 Å². The van der Waals surface area contributed by atoms with E-state index in [0.29, 0.717) is 26.7 Å². The van der Waals surface area contributed by atoms with Gasteiger partial charge in [-0.25, -0.2) is 9.97 Å². The van der Waals surface area contributed by atoms with Crippen molar-refractivity contribution in [2.45, 2.75) is 13.0 Å². The number of amides is 1. The lowest BCUT2D eigenvalue weighted by atomic mass is 10.3. The van der Waals surface area contributed by atoms with Crippen molar-refractivity contribution in [1.82, 2.24) is 15.3 Å². The van der Waals surface area contributed by atoms with Gasteiger partial charge in [0.15, 0.2) is 0 Å². The molecule has 0 aromatic carbocycles. The molecule has 2 heterocycles. The largest absolute Gasteiger partial charge is 0.396 e. The van der Waals surface area contributed by atoms with Gasteiger partial charge >= 0.3 is 0 Å². The summed E-state index contributed by atoms with van der Waals surface area (Å²) < 4.78 is 11.1. The van der Waals surface area contributed by atoms with Crippen molar-refractivity contribution in [3.8, 4) is 0 Å². The average Bonchev–Trinajstić information content (AvgIpc) is 2.66. The Morgan fingerprint density at radius 2 is 2.21 bits per heavy atom. The number of fused-ring (bicyclic) bond motifs is 1. The lowest BCUT2D eigenvalue weighted by molar-refractivity contribution is 0.0948. The Kier molecular flexibility index (Phi) is 4.11. The fraction of sp³-hybridized carbons (Fsp3) is 0.364. The topological polar surface area (TPSA) is 98.0 Å². The highest BCUT2D eigenvalue weighted by molar-refractivity contribution is 7.84.